The van der Waals surface area contributed by atoms with Gasteiger partial charge >= 0.3 is 0 Å². The van der Waals surface area contributed by atoms with Crippen LogP contribution in [0, 0.1) is 5.82 Å². The van der Waals surface area contributed by atoms with Crippen LogP contribution in [0.15, 0.2) is 47.8 Å². The van der Waals surface area contributed by atoms with Gasteiger partial charge in [0.15, 0.2) is 0 Å². The summed E-state index contributed by atoms with van der Waals surface area (Å²) in [4.78, 5) is 0. The van der Waals surface area contributed by atoms with Gasteiger partial charge < -0.3 is 4.74 Å². The Labute approximate surface area is 108 Å². The molecule has 1 nitrogen and oxygen atoms in total. The summed E-state index contributed by atoms with van der Waals surface area (Å²) in [7, 11) is 1.67. The Bertz CT molecular complexity index is 685. The molecule has 0 aliphatic rings. The fourth-order valence-electron chi connectivity index (χ4n) is 2.07. The lowest BCUT2D eigenvalue weighted by molar-refractivity contribution is 0.420. The molecular formula is C15H11FOS. The van der Waals surface area contributed by atoms with Crippen LogP contribution in [0.25, 0.3) is 21.2 Å². The first-order chi connectivity index (χ1) is 8.79. The highest BCUT2D eigenvalue weighted by atomic mass is 32.1. The molecule has 3 aromatic rings. The third kappa shape index (κ3) is 1.77. The first-order valence-corrected chi connectivity index (χ1v) is 6.47. The highest BCUT2D eigenvalue weighted by Crippen LogP contribution is 2.39. The van der Waals surface area contributed by atoms with Crippen LogP contribution in [-0.2, 0) is 0 Å². The lowest BCUT2D eigenvalue weighted by Crippen LogP contribution is -1.84. The van der Waals surface area contributed by atoms with Gasteiger partial charge in [-0.05, 0) is 35.2 Å². The molecule has 0 saturated carbocycles. The number of thiophene rings is 1. The van der Waals surface area contributed by atoms with Crippen LogP contribution >= 0.6 is 11.3 Å². The zero-order valence-corrected chi connectivity index (χ0v) is 10.6. The summed E-state index contributed by atoms with van der Waals surface area (Å²) < 4.78 is 19.5. The number of fused-ring (bicyclic) bond motifs is 1. The summed E-state index contributed by atoms with van der Waals surface area (Å²) in [5, 5.41) is 3.18. The van der Waals surface area contributed by atoms with Crippen molar-refractivity contribution in [2.45, 2.75) is 0 Å². The van der Waals surface area contributed by atoms with E-state index in [0.717, 1.165) is 22.3 Å². The molecule has 0 fully saturated rings. The van der Waals surface area contributed by atoms with Crippen LogP contribution in [0.1, 0.15) is 0 Å². The lowest BCUT2D eigenvalue weighted by atomic mass is 10.0. The molecule has 3 heteroatoms. The van der Waals surface area contributed by atoms with Crippen molar-refractivity contribution < 1.29 is 9.13 Å². The van der Waals surface area contributed by atoms with E-state index < -0.39 is 0 Å². The van der Waals surface area contributed by atoms with E-state index >= 15 is 0 Å². The van der Waals surface area contributed by atoms with Crippen molar-refractivity contribution in [2.75, 3.05) is 7.11 Å². The Kier molecular flexibility index (Phi) is 2.76. The van der Waals surface area contributed by atoms with Crippen LogP contribution < -0.4 is 4.74 Å². The van der Waals surface area contributed by atoms with E-state index in [-0.39, 0.29) is 5.82 Å². The number of rotatable bonds is 2. The van der Waals surface area contributed by atoms with Crippen molar-refractivity contribution in [3.63, 3.8) is 0 Å². The van der Waals surface area contributed by atoms with E-state index in [4.69, 9.17) is 4.74 Å². The molecule has 0 saturated heterocycles. The van der Waals surface area contributed by atoms with Gasteiger partial charge in [0.2, 0.25) is 0 Å². The second kappa shape index (κ2) is 4.42. The second-order valence-electron chi connectivity index (χ2n) is 3.99. The molecule has 0 bridgehead atoms. The van der Waals surface area contributed by atoms with E-state index in [1.807, 2.05) is 12.1 Å². The molecular weight excluding hydrogens is 247 g/mol. The van der Waals surface area contributed by atoms with Crippen LogP contribution in [0.2, 0.25) is 0 Å². The average molecular weight is 258 g/mol. The normalized spacial score (nSPS) is 10.8. The zero-order valence-electron chi connectivity index (χ0n) is 9.81. The monoisotopic (exact) mass is 258 g/mol. The van der Waals surface area contributed by atoms with Gasteiger partial charge in [0.05, 0.1) is 7.11 Å². The molecule has 1 aromatic heterocycles. The Morgan fingerprint density at radius 2 is 1.83 bits per heavy atom. The van der Waals surface area contributed by atoms with Gasteiger partial charge in [-0.25, -0.2) is 4.39 Å². The third-order valence-electron chi connectivity index (χ3n) is 2.94. The molecule has 3 rings (SSSR count). The Balaban J connectivity index is 2.26. The fourth-order valence-corrected chi connectivity index (χ4v) is 3.05. The predicted molar refractivity (Wildman–Crippen MR) is 73.8 cm³/mol. The molecule has 90 valence electrons. The van der Waals surface area contributed by atoms with Gasteiger partial charge in [0.25, 0.3) is 0 Å². The highest BCUT2D eigenvalue weighted by Gasteiger charge is 2.10. The van der Waals surface area contributed by atoms with Gasteiger partial charge in [0.1, 0.15) is 11.6 Å². The van der Waals surface area contributed by atoms with Crippen molar-refractivity contribution in [2.24, 2.45) is 0 Å². The summed E-state index contributed by atoms with van der Waals surface area (Å²) in [6, 6.07) is 12.5. The molecule has 0 amide bonds. The first kappa shape index (κ1) is 11.2. The number of hydrogen-bond donors (Lipinski definition) is 0. The predicted octanol–water partition coefficient (Wildman–Crippen LogP) is 4.72. The average Bonchev–Trinajstić information content (AvgIpc) is 2.83. The summed E-state index contributed by atoms with van der Waals surface area (Å²) in [6.07, 6.45) is 0. The fraction of sp³-hybridized carbons (Fsp3) is 0.0667. The van der Waals surface area contributed by atoms with Gasteiger partial charge in [-0.1, -0.05) is 18.2 Å². The summed E-state index contributed by atoms with van der Waals surface area (Å²) in [5.74, 6) is 0.637. The molecule has 1 heterocycles. The van der Waals surface area contributed by atoms with Crippen molar-refractivity contribution >= 4 is 21.4 Å². The molecule has 2 aromatic carbocycles. The van der Waals surface area contributed by atoms with Crippen molar-refractivity contribution in [3.8, 4) is 16.9 Å². The standard InChI is InChI=1S/C15H11FOS/c1-17-13-3-2-4-14-15(13)12(9-18-14)10-5-7-11(16)8-6-10/h2-9H,1H3. The van der Waals surface area contributed by atoms with Crippen molar-refractivity contribution in [3.05, 3.63) is 53.7 Å². The van der Waals surface area contributed by atoms with E-state index in [2.05, 4.69) is 11.4 Å². The number of hydrogen-bond acceptors (Lipinski definition) is 2. The van der Waals surface area contributed by atoms with Crippen LogP contribution in [0.4, 0.5) is 4.39 Å². The summed E-state index contributed by atoms with van der Waals surface area (Å²) in [5.41, 5.74) is 2.10. The maximum absolute atomic E-state index is 13.0. The van der Waals surface area contributed by atoms with Crippen LogP contribution in [-0.4, -0.2) is 7.11 Å². The topological polar surface area (TPSA) is 9.23 Å². The highest BCUT2D eigenvalue weighted by molar-refractivity contribution is 7.17. The molecule has 0 aliphatic carbocycles. The Morgan fingerprint density at radius 3 is 2.56 bits per heavy atom. The molecule has 0 atom stereocenters. The molecule has 0 N–H and O–H groups in total. The largest absolute Gasteiger partial charge is 0.496 e. The number of methoxy groups -OCH3 is 1. The first-order valence-electron chi connectivity index (χ1n) is 5.60. The smallest absolute Gasteiger partial charge is 0.128 e. The SMILES string of the molecule is COc1cccc2scc(-c3ccc(F)cc3)c12. The molecule has 0 aliphatic heterocycles. The number of benzene rings is 2. The minimum Gasteiger partial charge on any atom is -0.496 e. The molecule has 0 unspecified atom stereocenters. The van der Waals surface area contributed by atoms with Crippen LogP contribution in [0.5, 0.6) is 5.75 Å². The third-order valence-corrected chi connectivity index (χ3v) is 3.88. The number of halogens is 1. The zero-order chi connectivity index (χ0) is 12.5. The maximum Gasteiger partial charge on any atom is 0.128 e. The van der Waals surface area contributed by atoms with E-state index in [9.17, 15) is 4.39 Å². The minimum absolute atomic E-state index is 0.217. The summed E-state index contributed by atoms with van der Waals surface area (Å²) in [6.45, 7) is 0. The summed E-state index contributed by atoms with van der Waals surface area (Å²) >= 11 is 1.67. The molecule has 18 heavy (non-hydrogen) atoms. The quantitative estimate of drug-likeness (QED) is 0.646. The minimum atomic E-state index is -0.217. The van der Waals surface area contributed by atoms with Gasteiger partial charge in [-0.15, -0.1) is 11.3 Å². The van der Waals surface area contributed by atoms with Gasteiger partial charge in [-0.2, -0.15) is 0 Å². The van der Waals surface area contributed by atoms with E-state index in [0.29, 0.717) is 0 Å². The van der Waals surface area contributed by atoms with Crippen molar-refractivity contribution in [1.29, 1.82) is 0 Å². The van der Waals surface area contributed by atoms with Crippen LogP contribution in [0.3, 0.4) is 0 Å². The maximum atomic E-state index is 13.0. The van der Waals surface area contributed by atoms with Gasteiger partial charge in [-0.3, -0.25) is 0 Å². The van der Waals surface area contributed by atoms with E-state index in [1.54, 1.807) is 30.6 Å². The van der Waals surface area contributed by atoms with E-state index in [1.165, 1.54) is 16.8 Å². The van der Waals surface area contributed by atoms with Crippen molar-refractivity contribution in [1.82, 2.24) is 0 Å². The molecule has 0 spiro atoms. The lowest BCUT2D eigenvalue weighted by Gasteiger charge is -2.05. The molecule has 0 radical (unpaired) electrons. The second-order valence-corrected chi connectivity index (χ2v) is 4.90. The Morgan fingerprint density at radius 1 is 1.06 bits per heavy atom. The Hall–Kier alpha value is -1.87. The van der Waals surface area contributed by atoms with Gasteiger partial charge in [0, 0.05) is 15.6 Å². The number of ether oxygens (including phenoxy) is 1.